The highest BCUT2D eigenvalue weighted by molar-refractivity contribution is 6.36. The van der Waals surface area contributed by atoms with E-state index in [4.69, 9.17) is 40.5 Å². The molecule has 0 aliphatic rings. The van der Waals surface area contributed by atoms with Gasteiger partial charge in [0.15, 0.2) is 0 Å². The van der Waals surface area contributed by atoms with Crippen molar-refractivity contribution >= 4 is 46.3 Å². The van der Waals surface area contributed by atoms with Gasteiger partial charge in [0.2, 0.25) is 0 Å². The summed E-state index contributed by atoms with van der Waals surface area (Å²) in [5.74, 6) is -0.0355. The fourth-order valence-corrected chi connectivity index (χ4v) is 3.62. The molecule has 0 bridgehead atoms. The molecule has 0 fully saturated rings. The van der Waals surface area contributed by atoms with Gasteiger partial charge in [-0.05, 0) is 36.8 Å². The average molecular weight is 434 g/mol. The Labute approximate surface area is 175 Å². The first-order chi connectivity index (χ1) is 13.2. The van der Waals surface area contributed by atoms with Crippen LogP contribution in [0.4, 0.5) is 11.5 Å². The molecule has 0 saturated carbocycles. The van der Waals surface area contributed by atoms with Crippen molar-refractivity contribution in [3.05, 3.63) is 72.7 Å². The van der Waals surface area contributed by atoms with Gasteiger partial charge < -0.3 is 5.73 Å². The maximum atomic E-state index is 11.2. The number of pyridine rings is 1. The van der Waals surface area contributed by atoms with E-state index < -0.39 is 4.92 Å². The highest BCUT2D eigenvalue weighted by atomic mass is 35.5. The number of nitrogen functional groups attached to an aromatic ring is 1. The number of nitro groups is 1. The average Bonchev–Trinajstić information content (AvgIpc) is 2.64. The second kappa shape index (κ2) is 7.64. The van der Waals surface area contributed by atoms with E-state index in [1.165, 1.54) is 18.2 Å². The van der Waals surface area contributed by atoms with Crippen LogP contribution < -0.4 is 5.73 Å². The summed E-state index contributed by atoms with van der Waals surface area (Å²) in [5, 5.41) is 21.9. The Hall–Kier alpha value is -2.85. The zero-order valence-corrected chi connectivity index (χ0v) is 16.6. The summed E-state index contributed by atoms with van der Waals surface area (Å²) < 4.78 is 0. The number of nitro benzene ring substituents is 1. The summed E-state index contributed by atoms with van der Waals surface area (Å²) in [7, 11) is 0. The van der Waals surface area contributed by atoms with Gasteiger partial charge in [-0.15, -0.1) is 0 Å². The number of rotatable bonds is 3. The lowest BCUT2D eigenvalue weighted by molar-refractivity contribution is -0.384. The predicted octanol–water partition coefficient (Wildman–Crippen LogP) is 6.05. The third-order valence-corrected chi connectivity index (χ3v) is 5.07. The number of halogens is 3. The van der Waals surface area contributed by atoms with E-state index in [2.05, 4.69) is 4.98 Å². The van der Waals surface area contributed by atoms with Gasteiger partial charge in [0.05, 0.1) is 15.6 Å². The van der Waals surface area contributed by atoms with E-state index in [1.54, 1.807) is 25.1 Å². The van der Waals surface area contributed by atoms with Gasteiger partial charge >= 0.3 is 0 Å². The molecular weight excluding hydrogens is 423 g/mol. The molecular formula is C19H11Cl3N4O2. The Morgan fingerprint density at radius 1 is 1.11 bits per heavy atom. The number of aromatic nitrogens is 1. The van der Waals surface area contributed by atoms with Crippen molar-refractivity contribution in [2.24, 2.45) is 0 Å². The summed E-state index contributed by atoms with van der Waals surface area (Å²) in [4.78, 5) is 15.0. The van der Waals surface area contributed by atoms with E-state index in [0.717, 1.165) is 0 Å². The van der Waals surface area contributed by atoms with Crippen molar-refractivity contribution in [3.63, 3.8) is 0 Å². The Balaban J connectivity index is 2.39. The quantitative estimate of drug-likeness (QED) is 0.400. The lowest BCUT2D eigenvalue weighted by atomic mass is 9.92. The summed E-state index contributed by atoms with van der Waals surface area (Å²) >= 11 is 18.6. The van der Waals surface area contributed by atoms with Crippen LogP contribution in [0.5, 0.6) is 0 Å². The number of anilines is 1. The first-order valence-corrected chi connectivity index (χ1v) is 8.98. The molecule has 0 saturated heterocycles. The maximum Gasteiger partial charge on any atom is 0.270 e. The van der Waals surface area contributed by atoms with Crippen LogP contribution >= 0.6 is 34.8 Å². The molecule has 9 heteroatoms. The van der Waals surface area contributed by atoms with Crippen LogP contribution in [0.2, 0.25) is 15.1 Å². The van der Waals surface area contributed by atoms with Gasteiger partial charge in [-0.3, -0.25) is 10.1 Å². The molecule has 3 rings (SSSR count). The summed E-state index contributed by atoms with van der Waals surface area (Å²) in [6.07, 6.45) is 0. The molecule has 0 spiro atoms. The second-order valence-corrected chi connectivity index (χ2v) is 7.13. The molecule has 28 heavy (non-hydrogen) atoms. The normalized spacial score (nSPS) is 10.5. The molecule has 0 atom stereocenters. The second-order valence-electron chi connectivity index (χ2n) is 5.88. The van der Waals surface area contributed by atoms with Crippen LogP contribution in [0.15, 0.2) is 36.4 Å². The predicted molar refractivity (Wildman–Crippen MR) is 111 cm³/mol. The fraction of sp³-hybridized carbons (Fsp3) is 0.0526. The number of nitrogens with two attached hydrogens (primary N) is 1. The molecule has 140 valence electrons. The van der Waals surface area contributed by atoms with E-state index in [0.29, 0.717) is 38.0 Å². The Bertz CT molecular complexity index is 1170. The molecule has 0 radical (unpaired) electrons. The highest BCUT2D eigenvalue weighted by Crippen LogP contribution is 2.41. The lowest BCUT2D eigenvalue weighted by Crippen LogP contribution is -2.04. The van der Waals surface area contributed by atoms with E-state index in [1.807, 2.05) is 6.07 Å². The smallest absolute Gasteiger partial charge is 0.270 e. The van der Waals surface area contributed by atoms with Crippen LogP contribution in [0.25, 0.3) is 22.4 Å². The first kappa shape index (κ1) is 19.9. The number of nitrogens with zero attached hydrogens (tertiary/aromatic N) is 3. The minimum absolute atomic E-state index is 0.0355. The first-order valence-electron chi connectivity index (χ1n) is 7.84. The minimum Gasteiger partial charge on any atom is -0.383 e. The lowest BCUT2D eigenvalue weighted by Gasteiger charge is -2.16. The largest absolute Gasteiger partial charge is 0.383 e. The van der Waals surface area contributed by atoms with Crippen LogP contribution in [0, 0.1) is 28.4 Å². The molecule has 3 aromatic rings. The molecule has 1 aromatic heterocycles. The third kappa shape index (κ3) is 3.48. The third-order valence-electron chi connectivity index (χ3n) is 4.20. The van der Waals surface area contributed by atoms with Gasteiger partial charge in [0.1, 0.15) is 17.5 Å². The summed E-state index contributed by atoms with van der Waals surface area (Å²) in [6.45, 7) is 1.72. The minimum atomic E-state index is -0.539. The number of hydrogen-bond acceptors (Lipinski definition) is 5. The van der Waals surface area contributed by atoms with Crippen molar-refractivity contribution in [2.45, 2.75) is 6.92 Å². The van der Waals surface area contributed by atoms with Crippen LogP contribution in [0.1, 0.15) is 11.1 Å². The van der Waals surface area contributed by atoms with Crippen molar-refractivity contribution in [2.75, 3.05) is 5.73 Å². The Kier molecular flexibility index (Phi) is 5.43. The SMILES string of the molecule is Cc1c(-c2ccc(Cl)cc2Cl)nc(N)c(C#N)c1-c1cc([N+](=O)[O-])ccc1Cl. The van der Waals surface area contributed by atoms with Gasteiger partial charge in [0.25, 0.3) is 5.69 Å². The molecule has 0 aliphatic carbocycles. The van der Waals surface area contributed by atoms with Gasteiger partial charge in [-0.1, -0.05) is 34.8 Å². The molecule has 1 heterocycles. The molecule has 0 aliphatic heterocycles. The van der Waals surface area contributed by atoms with Gasteiger partial charge in [-0.25, -0.2) is 4.98 Å². The number of nitriles is 1. The molecule has 0 amide bonds. The molecule has 2 N–H and O–H groups in total. The monoisotopic (exact) mass is 432 g/mol. The molecule has 2 aromatic carbocycles. The van der Waals surface area contributed by atoms with Crippen molar-refractivity contribution < 1.29 is 4.92 Å². The Morgan fingerprint density at radius 2 is 1.82 bits per heavy atom. The van der Waals surface area contributed by atoms with Crippen molar-refractivity contribution in [1.82, 2.24) is 4.98 Å². The highest BCUT2D eigenvalue weighted by Gasteiger charge is 2.23. The summed E-state index contributed by atoms with van der Waals surface area (Å²) in [6, 6.07) is 10.9. The van der Waals surface area contributed by atoms with E-state index in [-0.39, 0.29) is 22.1 Å². The number of benzene rings is 2. The zero-order chi connectivity index (χ0) is 20.6. The topological polar surface area (TPSA) is 106 Å². The maximum absolute atomic E-state index is 11.2. The van der Waals surface area contributed by atoms with Crippen LogP contribution in [0.3, 0.4) is 0 Å². The summed E-state index contributed by atoms with van der Waals surface area (Å²) in [5.41, 5.74) is 8.15. The van der Waals surface area contributed by atoms with Gasteiger partial charge in [0, 0.05) is 38.9 Å². The fourth-order valence-electron chi connectivity index (χ4n) is 2.91. The number of non-ortho nitro benzene ring substituents is 1. The van der Waals surface area contributed by atoms with Crippen LogP contribution in [-0.2, 0) is 0 Å². The van der Waals surface area contributed by atoms with Crippen LogP contribution in [-0.4, -0.2) is 9.91 Å². The Morgan fingerprint density at radius 3 is 2.43 bits per heavy atom. The van der Waals surface area contributed by atoms with E-state index in [9.17, 15) is 15.4 Å². The molecule has 6 nitrogen and oxygen atoms in total. The molecule has 0 unspecified atom stereocenters. The van der Waals surface area contributed by atoms with E-state index >= 15 is 0 Å². The zero-order valence-electron chi connectivity index (χ0n) is 14.3. The van der Waals surface area contributed by atoms with Crippen molar-refractivity contribution in [1.29, 1.82) is 5.26 Å². The number of hydrogen-bond donors (Lipinski definition) is 1. The standard InChI is InChI=1S/C19H11Cl3N4O2/c1-9-17(13-7-11(26(27)28)3-5-15(13)21)14(8-23)19(24)25-18(9)12-4-2-10(20)6-16(12)22/h2-7H,1H3,(H2,24,25). The van der Waals surface area contributed by atoms with Crippen molar-refractivity contribution in [3.8, 4) is 28.5 Å². The van der Waals surface area contributed by atoms with Gasteiger partial charge in [-0.2, -0.15) is 5.26 Å².